The lowest BCUT2D eigenvalue weighted by atomic mass is 10.1. The summed E-state index contributed by atoms with van der Waals surface area (Å²) < 4.78 is 5.31. The molecule has 0 bridgehead atoms. The molecule has 0 aliphatic carbocycles. The first-order valence-corrected chi connectivity index (χ1v) is 10.5. The van der Waals surface area contributed by atoms with Gasteiger partial charge in [-0.15, -0.1) is 0 Å². The van der Waals surface area contributed by atoms with Gasteiger partial charge in [0.15, 0.2) is 11.7 Å². The maximum atomic E-state index is 12.6. The number of hydrogen-bond donors (Lipinski definition) is 2. The number of aliphatic imine (C=N–C) groups is 1. The van der Waals surface area contributed by atoms with Crippen LogP contribution in [0, 0.1) is 0 Å². The molecule has 2 N–H and O–H groups in total. The number of aromatic nitrogens is 1. The van der Waals surface area contributed by atoms with Gasteiger partial charge in [-0.25, -0.2) is 0 Å². The fraction of sp³-hybridized carbons (Fsp3) is 0.476. The average molecular weight is 433 g/mol. The number of nitrogens with zero attached hydrogens (tertiary/aromatic N) is 4. The van der Waals surface area contributed by atoms with Gasteiger partial charge in [-0.05, 0) is 30.2 Å². The second kappa shape index (κ2) is 10.3. The van der Waals surface area contributed by atoms with E-state index in [1.807, 2.05) is 35.2 Å². The van der Waals surface area contributed by atoms with Crippen LogP contribution in [0.5, 0.6) is 0 Å². The Balaban J connectivity index is 1.41. The van der Waals surface area contributed by atoms with Crippen LogP contribution in [0.1, 0.15) is 31.2 Å². The van der Waals surface area contributed by atoms with Crippen LogP contribution < -0.4 is 15.5 Å². The third kappa shape index (κ3) is 5.89. The summed E-state index contributed by atoms with van der Waals surface area (Å²) in [4.78, 5) is 20.9. The Kier molecular flexibility index (Phi) is 7.57. The fourth-order valence-electron chi connectivity index (χ4n) is 3.21. The largest absolute Gasteiger partial charge is 0.368 e. The van der Waals surface area contributed by atoms with Crippen molar-refractivity contribution in [2.24, 2.45) is 4.99 Å². The first-order chi connectivity index (χ1) is 14.5. The van der Waals surface area contributed by atoms with Crippen LogP contribution in [0.2, 0.25) is 5.02 Å². The lowest BCUT2D eigenvalue weighted by molar-refractivity contribution is -0.130. The molecule has 2 aromatic rings. The molecule has 0 unspecified atom stereocenters. The van der Waals surface area contributed by atoms with Crippen molar-refractivity contribution < 1.29 is 9.32 Å². The number of piperazine rings is 1. The molecular weight excluding hydrogens is 404 g/mol. The van der Waals surface area contributed by atoms with Gasteiger partial charge < -0.3 is 25.0 Å². The quantitative estimate of drug-likeness (QED) is 0.538. The number of halogens is 1. The molecule has 2 heterocycles. The smallest absolute Gasteiger partial charge is 0.242 e. The van der Waals surface area contributed by atoms with Crippen LogP contribution in [-0.2, 0) is 11.3 Å². The number of guanidine groups is 1. The minimum Gasteiger partial charge on any atom is -0.368 e. The van der Waals surface area contributed by atoms with E-state index in [2.05, 4.69) is 39.5 Å². The second-order valence-electron chi connectivity index (χ2n) is 7.50. The van der Waals surface area contributed by atoms with E-state index in [1.54, 1.807) is 7.05 Å². The molecule has 3 rings (SSSR count). The van der Waals surface area contributed by atoms with Gasteiger partial charge in [-0.2, -0.15) is 0 Å². The summed E-state index contributed by atoms with van der Waals surface area (Å²) in [6, 6.07) is 9.72. The van der Waals surface area contributed by atoms with E-state index in [0.717, 1.165) is 35.3 Å². The minimum atomic E-state index is 0.0514. The van der Waals surface area contributed by atoms with Gasteiger partial charge in [0.25, 0.3) is 0 Å². The van der Waals surface area contributed by atoms with Crippen molar-refractivity contribution in [3.63, 3.8) is 0 Å². The van der Waals surface area contributed by atoms with Crippen molar-refractivity contribution in [3.05, 3.63) is 46.8 Å². The number of hydrogen-bond acceptors (Lipinski definition) is 5. The standard InChI is InChI=1S/C21H29ClN6O2/c1-15(2)19-12-18(30-26-19)13-24-21(23-3)25-14-20(29)28-10-8-27(9-11-28)17-6-4-16(22)5-7-17/h4-7,12,15H,8-11,13-14H2,1-3H3,(H2,23,24,25). The summed E-state index contributed by atoms with van der Waals surface area (Å²) in [5, 5.41) is 11.0. The van der Waals surface area contributed by atoms with Gasteiger partial charge in [-0.3, -0.25) is 9.79 Å². The Hall–Kier alpha value is -2.74. The van der Waals surface area contributed by atoms with Gasteiger partial charge >= 0.3 is 0 Å². The number of carbonyl (C=O) groups excluding carboxylic acids is 1. The van der Waals surface area contributed by atoms with E-state index in [-0.39, 0.29) is 12.5 Å². The third-order valence-corrected chi connectivity index (χ3v) is 5.31. The van der Waals surface area contributed by atoms with E-state index in [0.29, 0.717) is 31.5 Å². The molecule has 1 saturated heterocycles. The zero-order chi connectivity index (χ0) is 21.5. The molecular formula is C21H29ClN6O2. The van der Waals surface area contributed by atoms with E-state index < -0.39 is 0 Å². The number of nitrogens with one attached hydrogen (secondary N) is 2. The first kappa shape index (κ1) is 22.0. The Bertz CT molecular complexity index is 857. The molecule has 8 nitrogen and oxygen atoms in total. The Morgan fingerprint density at radius 1 is 1.20 bits per heavy atom. The molecule has 0 saturated carbocycles. The molecule has 9 heteroatoms. The highest BCUT2D eigenvalue weighted by Crippen LogP contribution is 2.19. The number of amides is 1. The van der Waals surface area contributed by atoms with E-state index in [1.165, 1.54) is 0 Å². The van der Waals surface area contributed by atoms with E-state index in [9.17, 15) is 4.79 Å². The lowest BCUT2D eigenvalue weighted by Gasteiger charge is -2.36. The molecule has 0 radical (unpaired) electrons. The maximum absolute atomic E-state index is 12.6. The Morgan fingerprint density at radius 2 is 1.90 bits per heavy atom. The van der Waals surface area contributed by atoms with Crippen molar-refractivity contribution in [2.45, 2.75) is 26.3 Å². The Labute approximate surface area is 182 Å². The highest BCUT2D eigenvalue weighted by molar-refractivity contribution is 6.30. The summed E-state index contributed by atoms with van der Waals surface area (Å²) in [5.41, 5.74) is 2.05. The zero-order valence-electron chi connectivity index (χ0n) is 17.7. The second-order valence-corrected chi connectivity index (χ2v) is 7.93. The van der Waals surface area contributed by atoms with Crippen LogP contribution in [-0.4, -0.2) is 61.7 Å². The minimum absolute atomic E-state index is 0.0514. The van der Waals surface area contributed by atoms with Crippen molar-refractivity contribution in [1.82, 2.24) is 20.7 Å². The molecule has 1 aliphatic heterocycles. The SMILES string of the molecule is CN=C(NCC(=O)N1CCN(c2ccc(Cl)cc2)CC1)NCc1cc(C(C)C)no1. The summed E-state index contributed by atoms with van der Waals surface area (Å²) >= 11 is 5.96. The number of rotatable bonds is 6. The predicted octanol–water partition coefficient (Wildman–Crippen LogP) is 2.47. The van der Waals surface area contributed by atoms with Crippen molar-refractivity contribution >= 4 is 29.2 Å². The van der Waals surface area contributed by atoms with E-state index in [4.69, 9.17) is 16.1 Å². The number of benzene rings is 1. The van der Waals surface area contributed by atoms with Crippen LogP contribution in [0.25, 0.3) is 0 Å². The van der Waals surface area contributed by atoms with Crippen molar-refractivity contribution in [3.8, 4) is 0 Å². The normalized spacial score (nSPS) is 14.9. The van der Waals surface area contributed by atoms with Crippen LogP contribution in [0.3, 0.4) is 0 Å². The van der Waals surface area contributed by atoms with Gasteiger partial charge in [0.2, 0.25) is 5.91 Å². The fourth-order valence-corrected chi connectivity index (χ4v) is 3.34. The molecule has 162 valence electrons. The number of carbonyl (C=O) groups is 1. The number of anilines is 1. The molecule has 1 aromatic carbocycles. The molecule has 0 spiro atoms. The van der Waals surface area contributed by atoms with Crippen molar-refractivity contribution in [1.29, 1.82) is 0 Å². The van der Waals surface area contributed by atoms with Gasteiger partial charge in [-0.1, -0.05) is 30.6 Å². The monoisotopic (exact) mass is 432 g/mol. The van der Waals surface area contributed by atoms with Gasteiger partial charge in [0.05, 0.1) is 18.8 Å². The summed E-state index contributed by atoms with van der Waals surface area (Å²) in [5.74, 6) is 1.64. The lowest BCUT2D eigenvalue weighted by Crippen LogP contribution is -2.52. The van der Waals surface area contributed by atoms with Crippen LogP contribution in [0.4, 0.5) is 5.69 Å². The molecule has 1 fully saturated rings. The highest BCUT2D eigenvalue weighted by atomic mass is 35.5. The third-order valence-electron chi connectivity index (χ3n) is 5.05. The average Bonchev–Trinajstić information content (AvgIpc) is 3.24. The molecule has 30 heavy (non-hydrogen) atoms. The molecule has 1 aromatic heterocycles. The van der Waals surface area contributed by atoms with Crippen molar-refractivity contribution in [2.75, 3.05) is 44.7 Å². The topological polar surface area (TPSA) is 86.0 Å². The maximum Gasteiger partial charge on any atom is 0.242 e. The van der Waals surface area contributed by atoms with Crippen LogP contribution >= 0.6 is 11.6 Å². The van der Waals surface area contributed by atoms with E-state index >= 15 is 0 Å². The molecule has 0 atom stereocenters. The van der Waals surface area contributed by atoms with Crippen LogP contribution in [0.15, 0.2) is 39.8 Å². The Morgan fingerprint density at radius 3 is 2.50 bits per heavy atom. The summed E-state index contributed by atoms with van der Waals surface area (Å²) in [7, 11) is 1.67. The van der Waals surface area contributed by atoms with Gasteiger partial charge in [0.1, 0.15) is 0 Å². The first-order valence-electron chi connectivity index (χ1n) is 10.1. The predicted molar refractivity (Wildman–Crippen MR) is 119 cm³/mol. The summed E-state index contributed by atoms with van der Waals surface area (Å²) in [6.07, 6.45) is 0. The van der Waals surface area contributed by atoms with Gasteiger partial charge in [0, 0.05) is 50.0 Å². The molecule has 1 aliphatic rings. The highest BCUT2D eigenvalue weighted by Gasteiger charge is 2.21. The molecule has 1 amide bonds. The summed E-state index contributed by atoms with van der Waals surface area (Å²) in [6.45, 7) is 7.74. The zero-order valence-corrected chi connectivity index (χ0v) is 18.4.